The molecule has 1 rings (SSSR count). The molecule has 108 valence electrons. The van der Waals surface area contributed by atoms with E-state index in [1.807, 2.05) is 17.8 Å². The Bertz CT molecular complexity index is 413. The summed E-state index contributed by atoms with van der Waals surface area (Å²) in [7, 11) is 1.70. The number of hydrogen-bond donors (Lipinski definition) is 0. The lowest BCUT2D eigenvalue weighted by molar-refractivity contribution is 0.180. The quantitative estimate of drug-likeness (QED) is 0.602. The average molecular weight is 282 g/mol. The highest BCUT2D eigenvalue weighted by Gasteiger charge is 2.20. The van der Waals surface area contributed by atoms with Crippen molar-refractivity contribution in [1.82, 2.24) is 9.97 Å². The molecule has 4 heteroatoms. The first-order chi connectivity index (χ1) is 8.74. The van der Waals surface area contributed by atoms with Gasteiger partial charge in [0.05, 0.1) is 12.3 Å². The highest BCUT2D eigenvalue weighted by Crippen LogP contribution is 2.29. The van der Waals surface area contributed by atoms with Gasteiger partial charge in [0.1, 0.15) is 10.9 Å². The van der Waals surface area contributed by atoms with E-state index in [1.54, 1.807) is 7.11 Å². The van der Waals surface area contributed by atoms with Crippen molar-refractivity contribution < 1.29 is 4.74 Å². The second kappa shape index (κ2) is 6.71. The minimum absolute atomic E-state index is 0.0415. The minimum Gasteiger partial charge on any atom is -0.378 e. The van der Waals surface area contributed by atoms with Crippen molar-refractivity contribution in [1.29, 1.82) is 0 Å². The highest BCUT2D eigenvalue weighted by molar-refractivity contribution is 7.99. The molecule has 0 aliphatic heterocycles. The number of nitrogens with zero attached hydrogens (tertiary/aromatic N) is 2. The van der Waals surface area contributed by atoms with E-state index in [9.17, 15) is 0 Å². The molecule has 0 bridgehead atoms. The monoisotopic (exact) mass is 282 g/mol. The molecular formula is C15H26N2OS. The molecule has 0 aliphatic rings. The summed E-state index contributed by atoms with van der Waals surface area (Å²) in [5.41, 5.74) is 0.918. The van der Waals surface area contributed by atoms with E-state index in [1.165, 1.54) is 0 Å². The molecule has 1 unspecified atom stereocenters. The Morgan fingerprint density at radius 2 is 1.84 bits per heavy atom. The molecule has 0 spiro atoms. The maximum Gasteiger partial charge on any atom is 0.135 e. The average Bonchev–Trinajstić information content (AvgIpc) is 2.27. The van der Waals surface area contributed by atoms with Crippen LogP contribution in [0.5, 0.6) is 0 Å². The van der Waals surface area contributed by atoms with E-state index in [0.29, 0.717) is 17.8 Å². The van der Waals surface area contributed by atoms with Crippen molar-refractivity contribution >= 4 is 11.8 Å². The molecule has 0 saturated heterocycles. The Hall–Kier alpha value is -0.610. The van der Waals surface area contributed by atoms with Gasteiger partial charge in [0.2, 0.25) is 0 Å². The Kier molecular flexibility index (Phi) is 5.81. The largest absolute Gasteiger partial charge is 0.378 e. The van der Waals surface area contributed by atoms with E-state index in [2.05, 4.69) is 46.5 Å². The molecule has 3 nitrogen and oxygen atoms in total. The van der Waals surface area contributed by atoms with E-state index in [0.717, 1.165) is 16.5 Å². The number of rotatable bonds is 5. The smallest absolute Gasteiger partial charge is 0.135 e. The number of thioether (sulfide) groups is 1. The van der Waals surface area contributed by atoms with Gasteiger partial charge in [-0.25, -0.2) is 9.97 Å². The van der Waals surface area contributed by atoms with E-state index in [-0.39, 0.29) is 5.41 Å². The summed E-state index contributed by atoms with van der Waals surface area (Å²) in [6.45, 7) is 13.7. The maximum atomic E-state index is 5.20. The van der Waals surface area contributed by atoms with Gasteiger partial charge in [-0.1, -0.05) is 41.5 Å². The number of ether oxygens (including phenoxy) is 1. The maximum absolute atomic E-state index is 5.20. The van der Waals surface area contributed by atoms with Crippen LogP contribution < -0.4 is 0 Å². The lowest BCUT2D eigenvalue weighted by Gasteiger charge is -2.20. The first-order valence-electron chi connectivity index (χ1n) is 6.78. The van der Waals surface area contributed by atoms with Crippen LogP contribution in [-0.2, 0) is 16.8 Å². The van der Waals surface area contributed by atoms with Crippen molar-refractivity contribution in [2.45, 2.75) is 63.8 Å². The minimum atomic E-state index is -0.0415. The molecule has 1 aromatic rings. The fourth-order valence-electron chi connectivity index (χ4n) is 1.42. The summed E-state index contributed by atoms with van der Waals surface area (Å²) in [5.74, 6) is 1.52. The summed E-state index contributed by atoms with van der Waals surface area (Å²) in [5, 5.41) is 1.59. The van der Waals surface area contributed by atoms with Crippen LogP contribution in [0.25, 0.3) is 0 Å². The summed E-state index contributed by atoms with van der Waals surface area (Å²) in [6.07, 6.45) is 0. The lowest BCUT2D eigenvalue weighted by Crippen LogP contribution is -2.18. The van der Waals surface area contributed by atoms with Crippen molar-refractivity contribution in [3.05, 3.63) is 17.6 Å². The van der Waals surface area contributed by atoms with Gasteiger partial charge in [0.25, 0.3) is 0 Å². The van der Waals surface area contributed by atoms with Gasteiger partial charge < -0.3 is 4.74 Å². The van der Waals surface area contributed by atoms with Crippen LogP contribution in [0.2, 0.25) is 0 Å². The lowest BCUT2D eigenvalue weighted by atomic mass is 9.96. The Morgan fingerprint density at radius 1 is 1.21 bits per heavy atom. The normalized spacial score (nSPS) is 13.9. The highest BCUT2D eigenvalue weighted by atomic mass is 32.2. The summed E-state index contributed by atoms with van der Waals surface area (Å²) in [6, 6.07) is 2.04. The van der Waals surface area contributed by atoms with Gasteiger partial charge in [-0.05, 0) is 12.0 Å². The molecule has 1 aromatic heterocycles. The molecule has 0 N–H and O–H groups in total. The standard InChI is InChI=1S/C15H26N2OS/c1-10(2)11(3)19-13-8-12(9-18-7)16-14(17-13)15(4,5)6/h8,10-11H,9H2,1-7H3. The third kappa shape index (κ3) is 5.11. The van der Waals surface area contributed by atoms with Crippen LogP contribution in [0.15, 0.2) is 11.1 Å². The van der Waals surface area contributed by atoms with Crippen LogP contribution in [0.1, 0.15) is 53.1 Å². The van der Waals surface area contributed by atoms with Crippen molar-refractivity contribution in [2.24, 2.45) is 5.92 Å². The zero-order chi connectivity index (χ0) is 14.6. The fraction of sp³-hybridized carbons (Fsp3) is 0.733. The van der Waals surface area contributed by atoms with Crippen LogP contribution >= 0.6 is 11.8 Å². The predicted octanol–water partition coefficient (Wildman–Crippen LogP) is 4.06. The molecule has 0 fully saturated rings. The SMILES string of the molecule is COCc1cc(SC(C)C(C)C)nc(C(C)(C)C)n1. The summed E-state index contributed by atoms with van der Waals surface area (Å²) in [4.78, 5) is 9.30. The first-order valence-corrected chi connectivity index (χ1v) is 7.66. The van der Waals surface area contributed by atoms with Crippen LogP contribution in [0, 0.1) is 5.92 Å². The number of methoxy groups -OCH3 is 1. The molecular weight excluding hydrogens is 256 g/mol. The fourth-order valence-corrected chi connectivity index (χ4v) is 2.41. The molecule has 0 saturated carbocycles. The Labute approximate surface area is 121 Å². The van der Waals surface area contributed by atoms with Crippen molar-refractivity contribution in [3.63, 3.8) is 0 Å². The molecule has 1 heterocycles. The second-order valence-electron chi connectivity index (χ2n) is 6.27. The van der Waals surface area contributed by atoms with E-state index < -0.39 is 0 Å². The van der Waals surface area contributed by atoms with E-state index >= 15 is 0 Å². The molecule has 0 aliphatic carbocycles. The number of hydrogen-bond acceptors (Lipinski definition) is 4. The van der Waals surface area contributed by atoms with Crippen molar-refractivity contribution in [3.8, 4) is 0 Å². The van der Waals surface area contributed by atoms with Gasteiger partial charge in [-0.3, -0.25) is 0 Å². The molecule has 0 aromatic carbocycles. The predicted molar refractivity (Wildman–Crippen MR) is 81.6 cm³/mol. The zero-order valence-electron chi connectivity index (χ0n) is 13.2. The Morgan fingerprint density at radius 3 is 2.32 bits per heavy atom. The molecule has 19 heavy (non-hydrogen) atoms. The van der Waals surface area contributed by atoms with Gasteiger partial charge >= 0.3 is 0 Å². The van der Waals surface area contributed by atoms with E-state index in [4.69, 9.17) is 9.72 Å². The summed E-state index contributed by atoms with van der Waals surface area (Å²) < 4.78 is 5.20. The third-order valence-electron chi connectivity index (χ3n) is 2.96. The van der Waals surface area contributed by atoms with Gasteiger partial charge in [0.15, 0.2) is 0 Å². The second-order valence-corrected chi connectivity index (χ2v) is 7.67. The van der Waals surface area contributed by atoms with Crippen LogP contribution in [-0.4, -0.2) is 22.3 Å². The first kappa shape index (κ1) is 16.4. The Balaban J connectivity index is 3.06. The van der Waals surface area contributed by atoms with Crippen LogP contribution in [0.4, 0.5) is 0 Å². The van der Waals surface area contributed by atoms with Crippen LogP contribution in [0.3, 0.4) is 0 Å². The topological polar surface area (TPSA) is 35.0 Å². The van der Waals surface area contributed by atoms with Crippen molar-refractivity contribution in [2.75, 3.05) is 7.11 Å². The van der Waals surface area contributed by atoms with Gasteiger partial charge in [-0.2, -0.15) is 0 Å². The summed E-state index contributed by atoms with van der Waals surface area (Å²) >= 11 is 1.82. The molecule has 1 atom stereocenters. The molecule has 0 amide bonds. The zero-order valence-corrected chi connectivity index (χ0v) is 14.0. The van der Waals surface area contributed by atoms with Gasteiger partial charge in [0, 0.05) is 17.8 Å². The van der Waals surface area contributed by atoms with Gasteiger partial charge in [-0.15, -0.1) is 11.8 Å². The number of aromatic nitrogens is 2. The molecule has 0 radical (unpaired) electrons. The third-order valence-corrected chi connectivity index (χ3v) is 4.33.